The van der Waals surface area contributed by atoms with Gasteiger partial charge >= 0.3 is 0 Å². The molecule has 0 radical (unpaired) electrons. The van der Waals surface area contributed by atoms with Crippen molar-refractivity contribution in [1.29, 1.82) is 10.5 Å². The Kier molecular flexibility index (Phi) is 9.57. The Morgan fingerprint density at radius 1 is 0.338 bits per heavy atom. The van der Waals surface area contributed by atoms with Crippen LogP contribution in [0.5, 0.6) is 0 Å². The van der Waals surface area contributed by atoms with Gasteiger partial charge in [0.2, 0.25) is 0 Å². The molecule has 9 aromatic carbocycles. The van der Waals surface area contributed by atoms with Crippen molar-refractivity contribution in [3.8, 4) is 79.9 Å². The van der Waals surface area contributed by atoms with Crippen molar-refractivity contribution in [2.45, 2.75) is 13.8 Å². The first-order valence-corrected chi connectivity index (χ1v) is 22.6. The van der Waals surface area contributed by atoms with E-state index in [1.54, 1.807) is 0 Å². The van der Waals surface area contributed by atoms with Crippen molar-refractivity contribution in [3.63, 3.8) is 0 Å². The molecular weight excluding hydrogens is 831 g/mol. The molecule has 0 bridgehead atoms. The Hall–Kier alpha value is -9.43. The molecule has 0 unspecified atom stereocenters. The van der Waals surface area contributed by atoms with E-state index in [1.807, 2.05) is 78.9 Å². The van der Waals surface area contributed by atoms with E-state index in [1.165, 1.54) is 21.9 Å². The van der Waals surface area contributed by atoms with Crippen LogP contribution in [0.4, 0.5) is 0 Å². The van der Waals surface area contributed by atoms with Crippen molar-refractivity contribution < 1.29 is 0 Å². The summed E-state index contributed by atoms with van der Waals surface area (Å²) < 4.78 is 4.59. The highest BCUT2D eigenvalue weighted by atomic mass is 15.0. The summed E-state index contributed by atoms with van der Waals surface area (Å²) in [5.41, 5.74) is 15.0. The van der Waals surface area contributed by atoms with Crippen molar-refractivity contribution in [2.75, 3.05) is 0 Å². The van der Waals surface area contributed by atoms with Crippen molar-refractivity contribution in [3.05, 3.63) is 222 Å². The number of aromatic nitrogens is 5. The fourth-order valence-corrected chi connectivity index (χ4v) is 9.88. The van der Waals surface area contributed by atoms with Gasteiger partial charge in [0.05, 0.1) is 45.3 Å². The van der Waals surface area contributed by atoms with Gasteiger partial charge in [-0.05, 0) is 97.8 Å². The van der Waals surface area contributed by atoms with Crippen molar-refractivity contribution in [1.82, 2.24) is 24.1 Å². The van der Waals surface area contributed by atoms with Crippen LogP contribution in [0.3, 0.4) is 0 Å². The molecule has 0 spiro atoms. The van der Waals surface area contributed by atoms with Crippen LogP contribution < -0.4 is 0 Å². The maximum absolute atomic E-state index is 10.5. The molecule has 0 amide bonds. The second-order valence-corrected chi connectivity index (χ2v) is 17.2. The minimum Gasteiger partial charge on any atom is -0.309 e. The molecule has 12 rings (SSSR count). The molecule has 0 saturated heterocycles. The van der Waals surface area contributed by atoms with Crippen LogP contribution in [-0.2, 0) is 0 Å². The highest BCUT2D eigenvalue weighted by Gasteiger charge is 2.23. The Balaban J connectivity index is 1.17. The average molecular weight is 870 g/mol. The van der Waals surface area contributed by atoms with Gasteiger partial charge in [-0.3, -0.25) is 0 Å². The van der Waals surface area contributed by atoms with Crippen molar-refractivity contribution >= 4 is 43.6 Å². The van der Waals surface area contributed by atoms with Crippen LogP contribution in [0.25, 0.3) is 111 Å². The zero-order valence-corrected chi connectivity index (χ0v) is 37.2. The van der Waals surface area contributed by atoms with Gasteiger partial charge in [-0.2, -0.15) is 10.5 Å². The number of benzene rings is 9. The highest BCUT2D eigenvalue weighted by molar-refractivity contribution is 6.11. The largest absolute Gasteiger partial charge is 0.309 e. The van der Waals surface area contributed by atoms with E-state index in [9.17, 15) is 10.5 Å². The zero-order valence-electron chi connectivity index (χ0n) is 37.2. The Morgan fingerprint density at radius 3 is 1.24 bits per heavy atom. The quantitative estimate of drug-likeness (QED) is 0.159. The molecule has 0 aliphatic carbocycles. The summed E-state index contributed by atoms with van der Waals surface area (Å²) in [5, 5.41) is 25.6. The monoisotopic (exact) mass is 869 g/mol. The van der Waals surface area contributed by atoms with Crippen LogP contribution in [0, 0.1) is 36.5 Å². The van der Waals surface area contributed by atoms with Crippen LogP contribution in [0.1, 0.15) is 22.3 Å². The first-order valence-electron chi connectivity index (χ1n) is 22.6. The summed E-state index contributed by atoms with van der Waals surface area (Å²) in [5.74, 6) is 1.36. The number of nitrogens with zero attached hydrogens (tertiary/aromatic N) is 7. The van der Waals surface area contributed by atoms with Crippen LogP contribution in [0.15, 0.2) is 200 Å². The van der Waals surface area contributed by atoms with Gasteiger partial charge in [0, 0.05) is 60.7 Å². The summed E-state index contributed by atoms with van der Waals surface area (Å²) >= 11 is 0. The molecule has 12 aromatic rings. The van der Waals surface area contributed by atoms with Crippen molar-refractivity contribution in [2.24, 2.45) is 0 Å². The molecule has 0 aliphatic rings. The number of para-hydroxylation sites is 2. The average Bonchev–Trinajstić information content (AvgIpc) is 3.90. The first kappa shape index (κ1) is 40.1. The number of hydrogen-bond donors (Lipinski definition) is 0. The van der Waals surface area contributed by atoms with E-state index in [-0.39, 0.29) is 0 Å². The molecule has 0 N–H and O–H groups in total. The van der Waals surface area contributed by atoms with E-state index in [2.05, 4.69) is 156 Å². The van der Waals surface area contributed by atoms with Gasteiger partial charge in [-0.1, -0.05) is 139 Å². The minimum atomic E-state index is 0.437. The predicted octanol–water partition coefficient (Wildman–Crippen LogP) is 14.8. The van der Waals surface area contributed by atoms with E-state index >= 15 is 0 Å². The molecule has 7 nitrogen and oxygen atoms in total. The van der Waals surface area contributed by atoms with Gasteiger partial charge in [0.15, 0.2) is 17.5 Å². The number of aryl methyl sites for hydroxylation is 2. The third-order valence-electron chi connectivity index (χ3n) is 13.0. The van der Waals surface area contributed by atoms with Crippen LogP contribution in [-0.4, -0.2) is 24.1 Å². The lowest BCUT2D eigenvalue weighted by molar-refractivity contribution is 1.07. The van der Waals surface area contributed by atoms with E-state index in [0.29, 0.717) is 28.6 Å². The van der Waals surface area contributed by atoms with Crippen LogP contribution >= 0.6 is 0 Å². The summed E-state index contributed by atoms with van der Waals surface area (Å²) in [6, 6.07) is 73.0. The van der Waals surface area contributed by atoms with Gasteiger partial charge < -0.3 is 9.13 Å². The molecule has 3 aromatic heterocycles. The summed E-state index contributed by atoms with van der Waals surface area (Å²) in [6.45, 7) is 4.25. The molecule has 0 aliphatic heterocycles. The lowest BCUT2D eigenvalue weighted by Gasteiger charge is -2.18. The molecule has 0 atom stereocenters. The molecule has 3 heterocycles. The fourth-order valence-electron chi connectivity index (χ4n) is 9.88. The van der Waals surface area contributed by atoms with E-state index in [4.69, 9.17) is 15.0 Å². The summed E-state index contributed by atoms with van der Waals surface area (Å²) in [4.78, 5) is 16.1. The topological polar surface area (TPSA) is 96.1 Å². The molecule has 7 heteroatoms. The molecule has 68 heavy (non-hydrogen) atoms. The van der Waals surface area contributed by atoms with E-state index in [0.717, 1.165) is 83.2 Å². The van der Waals surface area contributed by atoms with Gasteiger partial charge in [0.25, 0.3) is 0 Å². The highest BCUT2D eigenvalue weighted by Crippen LogP contribution is 2.42. The number of fused-ring (bicyclic) bond motifs is 6. The van der Waals surface area contributed by atoms with E-state index < -0.39 is 0 Å². The normalized spacial score (nSPS) is 11.4. The summed E-state index contributed by atoms with van der Waals surface area (Å²) in [7, 11) is 0. The maximum Gasteiger partial charge on any atom is 0.164 e. The third kappa shape index (κ3) is 6.61. The lowest BCUT2D eigenvalue weighted by Crippen LogP contribution is -2.04. The zero-order chi connectivity index (χ0) is 45.9. The SMILES string of the molecule is Cc1ccc2c(c1)c1ccccc1n2-c1ccc(-c2ccccc2C#N)c(-c2nc(-c3ccccc3)nc(-c3cc(-n4c5ccccc5c5cc(C)ccc54)ccc3-c3ccccc3C#N)n2)c1. The first-order chi connectivity index (χ1) is 33.4. The van der Waals surface area contributed by atoms with Gasteiger partial charge in [0.1, 0.15) is 0 Å². The third-order valence-corrected chi connectivity index (χ3v) is 13.0. The Morgan fingerprint density at radius 2 is 0.750 bits per heavy atom. The minimum absolute atomic E-state index is 0.437. The lowest BCUT2D eigenvalue weighted by atomic mass is 9.94. The number of rotatable bonds is 7. The van der Waals surface area contributed by atoms with Crippen LogP contribution in [0.2, 0.25) is 0 Å². The Bertz CT molecular complexity index is 3840. The Labute approximate surface area is 392 Å². The summed E-state index contributed by atoms with van der Waals surface area (Å²) in [6.07, 6.45) is 0. The smallest absolute Gasteiger partial charge is 0.164 e. The maximum atomic E-state index is 10.5. The number of nitriles is 2. The van der Waals surface area contributed by atoms with Gasteiger partial charge in [-0.25, -0.2) is 15.0 Å². The predicted molar refractivity (Wildman–Crippen MR) is 275 cm³/mol. The fraction of sp³-hybridized carbons (Fsp3) is 0.0328. The molecule has 318 valence electrons. The second kappa shape index (κ2) is 16.2. The number of hydrogen-bond acceptors (Lipinski definition) is 5. The second-order valence-electron chi connectivity index (χ2n) is 17.2. The molecular formula is C61H39N7. The van der Waals surface area contributed by atoms with Gasteiger partial charge in [-0.15, -0.1) is 0 Å². The molecule has 0 saturated carbocycles. The standard InChI is InChI=1S/C61H39N7/c1-38-24-30-57-51(32-38)49-20-10-12-22-55(49)67(57)43-26-28-47(45-18-8-6-16-41(45)36-62)53(34-43)60-64-59(40-14-4-3-5-15-40)65-61(66-60)54-35-44(27-29-48(54)46-19-9-7-17-42(46)37-63)68-56-23-13-11-21-50(56)52-33-39(2)25-31-58(52)68/h3-35H,1-2H3. The molecule has 0 fully saturated rings.